The molecule has 0 heterocycles. The molecule has 37 heavy (non-hydrogen) atoms. The molecule has 3 atom stereocenters. The molecular formula is C24H57O9P3V. The molecule has 0 fully saturated rings. The first kappa shape index (κ1) is 45.0. The summed E-state index contributed by atoms with van der Waals surface area (Å²) in [5, 5.41) is 0. The molecule has 3 N–H and O–H groups in total. The third-order valence-corrected chi connectivity index (χ3v) is 9.16. The van der Waals surface area contributed by atoms with E-state index in [-0.39, 0.29) is 18.6 Å². The van der Waals surface area contributed by atoms with Gasteiger partial charge >= 0.3 is 22.8 Å². The van der Waals surface area contributed by atoms with Crippen molar-refractivity contribution in [2.75, 3.05) is 38.3 Å². The molecule has 0 aliphatic heterocycles. The number of unbranched alkanes of at least 4 members (excludes halogenated alkanes) is 6. The van der Waals surface area contributed by atoms with E-state index in [0.29, 0.717) is 38.3 Å². The Hall–Kier alpha value is 1.03. The van der Waals surface area contributed by atoms with E-state index in [9.17, 15) is 28.4 Å². The average molecular weight is 634 g/mol. The number of hydrogen-bond acceptors (Lipinski definition) is 6. The zero-order chi connectivity index (χ0) is 28.3. The molecule has 227 valence electrons. The van der Waals surface area contributed by atoms with Gasteiger partial charge in [0.2, 0.25) is 0 Å². The minimum absolute atomic E-state index is 0. The largest absolute Gasteiger partial charge is 0.328 e. The molecule has 0 amide bonds. The molecule has 0 aliphatic rings. The van der Waals surface area contributed by atoms with Crippen LogP contribution < -0.4 is 0 Å². The second-order valence-corrected chi connectivity index (χ2v) is 14.6. The van der Waals surface area contributed by atoms with Crippen LogP contribution in [0.3, 0.4) is 0 Å². The molecule has 13 heteroatoms. The third-order valence-electron chi connectivity index (χ3n) is 4.76. The summed E-state index contributed by atoms with van der Waals surface area (Å²) in [5.74, 6) is 0. The summed E-state index contributed by atoms with van der Waals surface area (Å²) in [6, 6.07) is 0. The van der Waals surface area contributed by atoms with Crippen LogP contribution in [0.5, 0.6) is 0 Å². The summed E-state index contributed by atoms with van der Waals surface area (Å²) < 4.78 is 48.2. The Morgan fingerprint density at radius 1 is 0.432 bits per heavy atom. The van der Waals surface area contributed by atoms with E-state index >= 15 is 0 Å². The van der Waals surface area contributed by atoms with E-state index < -0.39 is 22.8 Å². The Morgan fingerprint density at radius 3 is 0.784 bits per heavy atom. The molecule has 0 saturated carbocycles. The molecule has 0 aromatic carbocycles. The molecule has 3 unspecified atom stereocenters. The molecule has 1 radical (unpaired) electrons. The van der Waals surface area contributed by atoms with Crippen LogP contribution in [0.2, 0.25) is 0 Å². The fraction of sp³-hybridized carbons (Fsp3) is 1.00. The van der Waals surface area contributed by atoms with Gasteiger partial charge in [-0.15, -0.1) is 0 Å². The van der Waals surface area contributed by atoms with Gasteiger partial charge in [-0.3, -0.25) is 13.7 Å². The van der Waals surface area contributed by atoms with Crippen LogP contribution in [0.1, 0.15) is 119 Å². The summed E-state index contributed by atoms with van der Waals surface area (Å²) in [6.07, 6.45) is 11.5. The second-order valence-electron chi connectivity index (χ2n) is 8.70. The Bertz CT molecular complexity index is 529. The molecule has 0 bridgehead atoms. The fourth-order valence-electron chi connectivity index (χ4n) is 2.32. The monoisotopic (exact) mass is 633 g/mol. The van der Waals surface area contributed by atoms with Crippen LogP contribution in [0.4, 0.5) is 0 Å². The van der Waals surface area contributed by atoms with Gasteiger partial charge in [0.05, 0.1) is 19.8 Å². The zero-order valence-electron chi connectivity index (χ0n) is 24.3. The first-order valence-electron chi connectivity index (χ1n) is 13.8. The van der Waals surface area contributed by atoms with Gasteiger partial charge in [-0.2, -0.15) is 0 Å². The van der Waals surface area contributed by atoms with Gasteiger partial charge in [0.1, 0.15) is 0 Å². The number of hydrogen-bond donors (Lipinski definition) is 3. The summed E-state index contributed by atoms with van der Waals surface area (Å²) in [7, 11) is -9.72. The van der Waals surface area contributed by atoms with Gasteiger partial charge < -0.3 is 28.3 Å². The fourth-order valence-corrected chi connectivity index (χ4v) is 6.10. The summed E-state index contributed by atoms with van der Waals surface area (Å²) >= 11 is 0. The Morgan fingerprint density at radius 2 is 0.622 bits per heavy atom. The van der Waals surface area contributed by atoms with E-state index in [1.54, 1.807) is 0 Å². The zero-order valence-corrected chi connectivity index (χ0v) is 28.4. The number of rotatable bonds is 21. The maximum Gasteiger partial charge on any atom is 0.328 e. The first-order chi connectivity index (χ1) is 16.9. The maximum absolute atomic E-state index is 11.2. The summed E-state index contributed by atoms with van der Waals surface area (Å²) in [5.41, 5.74) is 0. The van der Waals surface area contributed by atoms with E-state index in [4.69, 9.17) is 13.6 Å². The standard InChI is InChI=1S/3C8H19O3P.V/c3*1-3-5-7-11-12(9,10)8-6-4-2;/h3*3-8H2,1-2H3,(H,9,10);. The molecule has 0 aromatic heterocycles. The second kappa shape index (κ2) is 30.0. The SMILES string of the molecule is CCCCOP(=O)(O)CCCC.CCCCOP(=O)(O)CCCC.CCCCOP(=O)(O)CCCC.[V]. The molecule has 0 aromatic rings. The summed E-state index contributed by atoms with van der Waals surface area (Å²) in [6.45, 7) is 13.3. The van der Waals surface area contributed by atoms with Crippen LogP contribution >= 0.6 is 22.8 Å². The third kappa shape index (κ3) is 39.2. The topological polar surface area (TPSA) is 140 Å². The molecule has 9 nitrogen and oxygen atoms in total. The van der Waals surface area contributed by atoms with Gasteiger partial charge in [-0.25, -0.2) is 0 Å². The van der Waals surface area contributed by atoms with Crippen LogP contribution in [-0.4, -0.2) is 53.0 Å². The van der Waals surface area contributed by atoms with Crippen molar-refractivity contribution >= 4 is 22.8 Å². The predicted octanol–water partition coefficient (Wildman–Crippen LogP) is 8.36. The van der Waals surface area contributed by atoms with Crippen molar-refractivity contribution in [3.05, 3.63) is 0 Å². The van der Waals surface area contributed by atoms with Gasteiger partial charge in [-0.05, 0) is 38.5 Å². The normalized spacial score (nSPS) is 15.5. The predicted molar refractivity (Wildman–Crippen MR) is 151 cm³/mol. The minimum atomic E-state index is -3.24. The van der Waals surface area contributed by atoms with Crippen molar-refractivity contribution in [1.29, 1.82) is 0 Å². The van der Waals surface area contributed by atoms with E-state index in [0.717, 1.165) is 77.0 Å². The van der Waals surface area contributed by atoms with Gasteiger partial charge in [-0.1, -0.05) is 80.1 Å². The molecular weight excluding hydrogens is 576 g/mol. The van der Waals surface area contributed by atoms with Crippen LogP contribution in [0.25, 0.3) is 0 Å². The summed E-state index contributed by atoms with van der Waals surface area (Å²) in [4.78, 5) is 27.6. The smallest absolute Gasteiger partial charge is 0.324 e. The van der Waals surface area contributed by atoms with Gasteiger partial charge in [0.15, 0.2) is 0 Å². The maximum atomic E-state index is 11.2. The van der Waals surface area contributed by atoms with Crippen molar-refractivity contribution in [2.45, 2.75) is 119 Å². The van der Waals surface area contributed by atoms with Crippen LogP contribution in [-0.2, 0) is 45.8 Å². The van der Waals surface area contributed by atoms with Crippen molar-refractivity contribution < 1.29 is 60.5 Å². The van der Waals surface area contributed by atoms with Gasteiger partial charge in [0.25, 0.3) is 0 Å². The quantitative estimate of drug-likeness (QED) is 0.0840. The van der Waals surface area contributed by atoms with Crippen molar-refractivity contribution in [1.82, 2.24) is 0 Å². The minimum Gasteiger partial charge on any atom is -0.324 e. The Balaban J connectivity index is -0.000000218. The van der Waals surface area contributed by atoms with Crippen LogP contribution in [0.15, 0.2) is 0 Å². The van der Waals surface area contributed by atoms with E-state index in [2.05, 4.69) is 0 Å². The van der Waals surface area contributed by atoms with Crippen LogP contribution in [0, 0.1) is 0 Å². The first-order valence-corrected chi connectivity index (χ1v) is 19.0. The van der Waals surface area contributed by atoms with Crippen molar-refractivity contribution in [3.63, 3.8) is 0 Å². The van der Waals surface area contributed by atoms with Gasteiger partial charge in [0, 0.05) is 37.0 Å². The van der Waals surface area contributed by atoms with E-state index in [1.165, 1.54) is 0 Å². The molecule has 0 aliphatic carbocycles. The average Bonchev–Trinajstić information content (AvgIpc) is 2.81. The molecule has 0 saturated heterocycles. The van der Waals surface area contributed by atoms with Crippen molar-refractivity contribution in [2.24, 2.45) is 0 Å². The Labute approximate surface area is 239 Å². The van der Waals surface area contributed by atoms with E-state index in [1.807, 2.05) is 41.5 Å². The Kier molecular flexibility index (Phi) is 36.5. The molecule has 0 spiro atoms. The van der Waals surface area contributed by atoms with Crippen molar-refractivity contribution in [3.8, 4) is 0 Å². The molecule has 0 rings (SSSR count).